The van der Waals surface area contributed by atoms with Crippen LogP contribution in [0.15, 0.2) is 97.1 Å². The number of aliphatic hydroxyl groups excluding tert-OH is 8. The number of hydrogen-bond donors (Lipinski definition) is 8. The molecule has 0 aliphatic rings. The molecule has 4 aromatic rings. The van der Waals surface area contributed by atoms with E-state index in [0.717, 1.165) is 22.3 Å². The van der Waals surface area contributed by atoms with Crippen molar-refractivity contribution in [3.8, 4) is 23.0 Å². The standard InChI is InChI=1S/C38H46O12/c39-17-29(43)21-47-33-9-1-25(2-10-33)37(26-3-11-34(12-4-26)48-22-30(44)18-40)38(27-5-13-35(14-6-27)49-23-31(45)19-41)28-7-15-36(16-8-28)50-24-32(46)20-42/h1-16,29-32,37-46H,17-24H2. The average Bonchev–Trinajstić information content (AvgIpc) is 3.17. The lowest BCUT2D eigenvalue weighted by molar-refractivity contribution is 0.0536. The van der Waals surface area contributed by atoms with Crippen LogP contribution in [-0.2, 0) is 0 Å². The summed E-state index contributed by atoms with van der Waals surface area (Å²) in [6, 6.07) is 29.8. The molecule has 0 bridgehead atoms. The number of rotatable bonds is 21. The van der Waals surface area contributed by atoms with Gasteiger partial charge < -0.3 is 59.8 Å². The summed E-state index contributed by atoms with van der Waals surface area (Å²) in [6.07, 6.45) is -4.04. The van der Waals surface area contributed by atoms with Gasteiger partial charge in [-0.05, 0) is 70.8 Å². The quantitative estimate of drug-likeness (QED) is 0.0628. The van der Waals surface area contributed by atoms with E-state index in [0.29, 0.717) is 23.0 Å². The Morgan fingerprint density at radius 2 is 0.500 bits per heavy atom. The van der Waals surface area contributed by atoms with Gasteiger partial charge in [0.2, 0.25) is 0 Å². The van der Waals surface area contributed by atoms with E-state index < -0.39 is 50.8 Å². The molecule has 0 saturated carbocycles. The van der Waals surface area contributed by atoms with Crippen molar-refractivity contribution in [2.45, 2.75) is 36.3 Å². The predicted octanol–water partition coefficient (Wildman–Crippen LogP) is 1.58. The summed E-state index contributed by atoms with van der Waals surface area (Å²) in [6.45, 7) is -1.94. The second-order valence-corrected chi connectivity index (χ2v) is 11.8. The molecule has 8 N–H and O–H groups in total. The molecule has 12 nitrogen and oxygen atoms in total. The zero-order valence-corrected chi connectivity index (χ0v) is 27.6. The molecule has 0 aliphatic carbocycles. The zero-order valence-electron chi connectivity index (χ0n) is 27.6. The highest BCUT2D eigenvalue weighted by molar-refractivity contribution is 5.48. The van der Waals surface area contributed by atoms with E-state index in [-0.39, 0.29) is 38.3 Å². The van der Waals surface area contributed by atoms with Gasteiger partial charge in [0.25, 0.3) is 0 Å². The van der Waals surface area contributed by atoms with Crippen LogP contribution >= 0.6 is 0 Å². The van der Waals surface area contributed by atoms with E-state index in [2.05, 4.69) is 0 Å². The molecule has 0 saturated heterocycles. The lowest BCUT2D eigenvalue weighted by Crippen LogP contribution is -2.21. The highest BCUT2D eigenvalue weighted by atomic mass is 16.5. The van der Waals surface area contributed by atoms with Crippen LogP contribution in [0, 0.1) is 0 Å². The molecule has 4 atom stereocenters. The molecule has 0 spiro atoms. The molecule has 4 unspecified atom stereocenters. The minimum Gasteiger partial charge on any atom is -0.491 e. The first-order valence-corrected chi connectivity index (χ1v) is 16.3. The summed E-state index contributed by atoms with van der Waals surface area (Å²) >= 11 is 0. The third kappa shape index (κ3) is 11.4. The number of ether oxygens (including phenoxy) is 4. The highest BCUT2D eigenvalue weighted by Gasteiger charge is 2.29. The molecular formula is C38H46O12. The van der Waals surface area contributed by atoms with Crippen LogP contribution in [0.4, 0.5) is 0 Å². The van der Waals surface area contributed by atoms with Gasteiger partial charge in [-0.2, -0.15) is 0 Å². The molecule has 50 heavy (non-hydrogen) atoms. The molecule has 0 heterocycles. The molecular weight excluding hydrogens is 648 g/mol. The third-order valence-electron chi connectivity index (χ3n) is 7.90. The van der Waals surface area contributed by atoms with Gasteiger partial charge in [0.05, 0.1) is 26.4 Å². The number of hydrogen-bond acceptors (Lipinski definition) is 12. The van der Waals surface area contributed by atoms with Gasteiger partial charge in [-0.3, -0.25) is 0 Å². The Bertz CT molecular complexity index is 1280. The Morgan fingerprint density at radius 3 is 0.660 bits per heavy atom. The molecule has 270 valence electrons. The van der Waals surface area contributed by atoms with E-state index in [1.807, 2.05) is 48.5 Å². The molecule has 4 rings (SSSR count). The van der Waals surface area contributed by atoms with E-state index in [9.17, 15) is 40.9 Å². The first kappa shape index (κ1) is 38.6. The first-order chi connectivity index (χ1) is 24.2. The van der Waals surface area contributed by atoms with Crippen LogP contribution in [0.1, 0.15) is 34.1 Å². The summed E-state index contributed by atoms with van der Waals surface area (Å²) in [4.78, 5) is 0. The van der Waals surface area contributed by atoms with Crippen LogP contribution in [0.25, 0.3) is 0 Å². The van der Waals surface area contributed by atoms with Crippen molar-refractivity contribution < 1.29 is 59.8 Å². The van der Waals surface area contributed by atoms with Crippen LogP contribution in [0.3, 0.4) is 0 Å². The van der Waals surface area contributed by atoms with Crippen molar-refractivity contribution in [1.29, 1.82) is 0 Å². The first-order valence-electron chi connectivity index (χ1n) is 16.3. The van der Waals surface area contributed by atoms with Crippen molar-refractivity contribution in [3.05, 3.63) is 119 Å². The summed E-state index contributed by atoms with van der Waals surface area (Å²) < 4.78 is 22.7. The van der Waals surface area contributed by atoms with Gasteiger partial charge in [0.15, 0.2) is 0 Å². The fourth-order valence-corrected chi connectivity index (χ4v) is 5.22. The number of aliphatic hydroxyl groups is 8. The van der Waals surface area contributed by atoms with Crippen LogP contribution in [-0.4, -0.2) is 118 Å². The van der Waals surface area contributed by atoms with Gasteiger partial charge >= 0.3 is 0 Å². The summed E-state index contributed by atoms with van der Waals surface area (Å²) in [5.74, 6) is 1.47. The Hall–Kier alpha value is -4.24. The predicted molar refractivity (Wildman–Crippen MR) is 184 cm³/mol. The highest BCUT2D eigenvalue weighted by Crippen LogP contribution is 2.44. The minimum atomic E-state index is -1.01. The van der Waals surface area contributed by atoms with Gasteiger partial charge in [-0.25, -0.2) is 0 Å². The van der Waals surface area contributed by atoms with Crippen molar-refractivity contribution in [1.82, 2.24) is 0 Å². The molecule has 12 heteroatoms. The van der Waals surface area contributed by atoms with Crippen LogP contribution < -0.4 is 18.9 Å². The minimum absolute atomic E-state index is 0.0676. The van der Waals surface area contributed by atoms with Crippen LogP contribution in [0.5, 0.6) is 23.0 Å². The van der Waals surface area contributed by atoms with E-state index in [4.69, 9.17) is 18.9 Å². The lowest BCUT2D eigenvalue weighted by atomic mass is 9.73. The van der Waals surface area contributed by atoms with Crippen molar-refractivity contribution in [2.24, 2.45) is 0 Å². The van der Waals surface area contributed by atoms with Crippen molar-refractivity contribution in [3.63, 3.8) is 0 Å². The second-order valence-electron chi connectivity index (χ2n) is 11.8. The summed E-state index contributed by atoms with van der Waals surface area (Å²) in [5.41, 5.74) is 3.69. The summed E-state index contributed by atoms with van der Waals surface area (Å²) in [7, 11) is 0. The third-order valence-corrected chi connectivity index (χ3v) is 7.90. The molecule has 0 aromatic heterocycles. The van der Waals surface area contributed by atoms with E-state index in [1.165, 1.54) is 0 Å². The molecule has 0 aliphatic heterocycles. The second kappa shape index (κ2) is 19.8. The van der Waals surface area contributed by atoms with E-state index in [1.54, 1.807) is 48.5 Å². The van der Waals surface area contributed by atoms with Gasteiger partial charge in [-0.1, -0.05) is 48.5 Å². The normalized spacial score (nSPS) is 15.0. The molecule has 0 fully saturated rings. The van der Waals surface area contributed by atoms with Gasteiger partial charge in [0, 0.05) is 11.8 Å². The topological polar surface area (TPSA) is 199 Å². The molecule has 0 radical (unpaired) electrons. The average molecular weight is 695 g/mol. The zero-order chi connectivity index (χ0) is 35.9. The van der Waals surface area contributed by atoms with Gasteiger partial charge in [-0.15, -0.1) is 0 Å². The maximum Gasteiger partial charge on any atom is 0.119 e. The molecule has 0 amide bonds. The summed E-state index contributed by atoms with van der Waals surface area (Å²) in [5, 5.41) is 75.7. The Labute approximate surface area is 291 Å². The van der Waals surface area contributed by atoms with E-state index >= 15 is 0 Å². The van der Waals surface area contributed by atoms with Crippen molar-refractivity contribution in [2.75, 3.05) is 52.9 Å². The monoisotopic (exact) mass is 694 g/mol. The Morgan fingerprint density at radius 1 is 0.320 bits per heavy atom. The van der Waals surface area contributed by atoms with Gasteiger partial charge in [0.1, 0.15) is 73.8 Å². The number of benzene rings is 4. The fourth-order valence-electron chi connectivity index (χ4n) is 5.22. The smallest absolute Gasteiger partial charge is 0.119 e. The van der Waals surface area contributed by atoms with Crippen molar-refractivity contribution >= 4 is 0 Å². The maximum absolute atomic E-state index is 9.75. The Balaban J connectivity index is 1.76. The lowest BCUT2D eigenvalue weighted by Gasteiger charge is -2.30. The molecule has 4 aromatic carbocycles. The maximum atomic E-state index is 9.75. The largest absolute Gasteiger partial charge is 0.491 e. The Kier molecular flexibility index (Phi) is 15.3. The van der Waals surface area contributed by atoms with Crippen LogP contribution in [0.2, 0.25) is 0 Å². The fraction of sp³-hybridized carbons (Fsp3) is 0.368. The SMILES string of the molecule is OCC(O)COc1ccc(C(c2ccc(OCC(O)CO)cc2)C(c2ccc(OCC(O)CO)cc2)c2ccc(OCC(O)CO)cc2)cc1.